The van der Waals surface area contributed by atoms with E-state index in [1.807, 2.05) is 6.07 Å². The van der Waals surface area contributed by atoms with Crippen LogP contribution in [0.2, 0.25) is 0 Å². The summed E-state index contributed by atoms with van der Waals surface area (Å²) in [5.41, 5.74) is 9.19. The lowest BCUT2D eigenvalue weighted by molar-refractivity contribution is 0.356. The molecule has 1 aliphatic heterocycles. The summed E-state index contributed by atoms with van der Waals surface area (Å²) in [6, 6.07) is 6.85. The number of hydrogen-bond donors (Lipinski definition) is 2. The summed E-state index contributed by atoms with van der Waals surface area (Å²) in [6.07, 6.45) is 3.75. The van der Waals surface area contributed by atoms with Crippen LogP contribution in [0.3, 0.4) is 0 Å². The molecule has 6 nitrogen and oxygen atoms in total. The van der Waals surface area contributed by atoms with Gasteiger partial charge in [-0.15, -0.1) is 0 Å². The Bertz CT molecular complexity index is 1000. The SMILES string of the molecule is CC(C)NCCCn1c(Sc2cc3c(cc2[123I])OCC3)nc2c(N)nccc21. The number of nitrogens with one attached hydrogen (secondary N) is 1. The van der Waals surface area contributed by atoms with E-state index in [0.717, 1.165) is 54.5 Å². The predicted molar refractivity (Wildman–Crippen MR) is 122 cm³/mol. The molecule has 0 unspecified atom stereocenters. The molecule has 3 heterocycles. The van der Waals surface area contributed by atoms with E-state index in [9.17, 15) is 0 Å². The van der Waals surface area contributed by atoms with E-state index in [1.165, 1.54) is 14.0 Å². The number of nitrogens with two attached hydrogens (primary N) is 1. The van der Waals surface area contributed by atoms with Crippen LogP contribution in [-0.2, 0) is 13.0 Å². The smallest absolute Gasteiger partial charge is 0.174 e. The molecule has 1 aliphatic rings. The first-order valence-electron chi connectivity index (χ1n) is 9.50. The van der Waals surface area contributed by atoms with Gasteiger partial charge in [-0.25, -0.2) is 9.97 Å². The monoisotopic (exact) mass is 505 g/mol. The van der Waals surface area contributed by atoms with Gasteiger partial charge in [0.2, 0.25) is 0 Å². The number of aromatic nitrogens is 3. The third-order valence-electron chi connectivity index (χ3n) is 4.72. The zero-order chi connectivity index (χ0) is 19.7. The Morgan fingerprint density at radius 1 is 1.39 bits per heavy atom. The Balaban J connectivity index is 1.66. The van der Waals surface area contributed by atoms with Gasteiger partial charge in [0, 0.05) is 33.7 Å². The predicted octanol–water partition coefficient (Wildman–Crippen LogP) is 4.09. The van der Waals surface area contributed by atoms with Crippen molar-refractivity contribution < 1.29 is 4.74 Å². The summed E-state index contributed by atoms with van der Waals surface area (Å²) in [5.74, 6) is 1.49. The van der Waals surface area contributed by atoms with Crippen molar-refractivity contribution in [2.75, 3.05) is 18.9 Å². The second-order valence-corrected chi connectivity index (χ2v) is 9.33. The molecule has 4 rings (SSSR count). The molecule has 3 N–H and O–H groups in total. The maximum atomic E-state index is 6.10. The van der Waals surface area contributed by atoms with Crippen molar-refractivity contribution in [3.8, 4) is 5.75 Å². The van der Waals surface area contributed by atoms with Gasteiger partial charge in [0.05, 0.1) is 12.1 Å². The molecule has 28 heavy (non-hydrogen) atoms. The largest absolute Gasteiger partial charge is 0.493 e. The fourth-order valence-electron chi connectivity index (χ4n) is 3.33. The standard InChI is InChI=1S/C20H24IN5OS/c1-12(2)23-6-3-8-26-15-4-7-24-19(22)18(15)25-20(26)28-17-10-13-5-9-27-16(13)11-14(17)21/h4,7,10-12,23H,3,5-6,8-9H2,1-2H3,(H2,22,24)/i21-4. The van der Waals surface area contributed by atoms with Crippen LogP contribution in [0.15, 0.2) is 34.4 Å². The number of halogens is 1. The zero-order valence-electron chi connectivity index (χ0n) is 16.0. The number of ether oxygens (including phenoxy) is 1. The van der Waals surface area contributed by atoms with Crippen molar-refractivity contribution in [2.24, 2.45) is 0 Å². The van der Waals surface area contributed by atoms with Crippen molar-refractivity contribution in [1.29, 1.82) is 0 Å². The van der Waals surface area contributed by atoms with Gasteiger partial charge in [0.1, 0.15) is 11.3 Å². The molecule has 0 atom stereocenters. The maximum absolute atomic E-state index is 6.10. The van der Waals surface area contributed by atoms with Gasteiger partial charge in [-0.3, -0.25) is 0 Å². The van der Waals surface area contributed by atoms with E-state index < -0.39 is 0 Å². The number of nitrogen functional groups attached to an aromatic ring is 1. The van der Waals surface area contributed by atoms with Crippen LogP contribution < -0.4 is 15.8 Å². The number of hydrogen-bond acceptors (Lipinski definition) is 6. The summed E-state index contributed by atoms with van der Waals surface area (Å²) in [7, 11) is 0. The quantitative estimate of drug-likeness (QED) is 0.372. The fraction of sp³-hybridized carbons (Fsp3) is 0.400. The van der Waals surface area contributed by atoms with Gasteiger partial charge in [-0.2, -0.15) is 0 Å². The average molecular weight is 505 g/mol. The lowest BCUT2D eigenvalue weighted by atomic mass is 10.2. The number of anilines is 1. The van der Waals surface area contributed by atoms with Crippen molar-refractivity contribution in [3.05, 3.63) is 33.5 Å². The number of pyridine rings is 1. The molecule has 0 saturated heterocycles. The summed E-state index contributed by atoms with van der Waals surface area (Å²) in [6.45, 7) is 6.95. The van der Waals surface area contributed by atoms with Crippen molar-refractivity contribution in [1.82, 2.24) is 19.9 Å². The highest BCUT2D eigenvalue weighted by Crippen LogP contribution is 2.38. The summed E-state index contributed by atoms with van der Waals surface area (Å²) >= 11 is 4.07. The normalized spacial score (nSPS) is 13.3. The highest BCUT2D eigenvalue weighted by atomic mass is 123. The Hall–Kier alpha value is -1.52. The van der Waals surface area contributed by atoms with E-state index in [-0.39, 0.29) is 0 Å². The van der Waals surface area contributed by atoms with Crippen molar-refractivity contribution >= 4 is 51.2 Å². The van der Waals surface area contributed by atoms with Crippen LogP contribution >= 0.6 is 34.4 Å². The average Bonchev–Trinajstić information content (AvgIpc) is 3.24. The molecule has 0 amide bonds. The van der Waals surface area contributed by atoms with E-state index >= 15 is 0 Å². The van der Waals surface area contributed by atoms with Crippen LogP contribution in [0.4, 0.5) is 5.82 Å². The van der Waals surface area contributed by atoms with Crippen molar-refractivity contribution in [3.63, 3.8) is 0 Å². The molecule has 0 fully saturated rings. The minimum Gasteiger partial charge on any atom is -0.493 e. The molecule has 3 aromatic rings. The van der Waals surface area contributed by atoms with Crippen LogP contribution in [0.1, 0.15) is 25.8 Å². The van der Waals surface area contributed by atoms with Gasteiger partial charge in [-0.05, 0) is 59.3 Å². The van der Waals surface area contributed by atoms with E-state index in [2.05, 4.69) is 63.4 Å². The maximum Gasteiger partial charge on any atom is 0.174 e. The van der Waals surface area contributed by atoms with Gasteiger partial charge in [0.25, 0.3) is 0 Å². The molecular weight excluding hydrogens is 481 g/mol. The molecule has 148 valence electrons. The molecule has 8 heteroatoms. The number of fused-ring (bicyclic) bond motifs is 2. The minimum absolute atomic E-state index is 0.482. The lowest BCUT2D eigenvalue weighted by Crippen LogP contribution is -2.24. The zero-order valence-corrected chi connectivity index (χ0v) is 19.0. The van der Waals surface area contributed by atoms with Crippen LogP contribution in [0.5, 0.6) is 5.75 Å². The first kappa shape index (κ1) is 19.8. The van der Waals surface area contributed by atoms with Crippen molar-refractivity contribution in [2.45, 2.75) is 49.3 Å². The minimum atomic E-state index is 0.482. The lowest BCUT2D eigenvalue weighted by Gasteiger charge is -2.12. The molecule has 0 spiro atoms. The van der Waals surface area contributed by atoms with Crippen LogP contribution in [0.25, 0.3) is 11.0 Å². The molecular formula is C20H24IN5OS. The number of imidazole rings is 1. The number of benzene rings is 1. The highest BCUT2D eigenvalue weighted by Gasteiger charge is 2.19. The fourth-order valence-corrected chi connectivity index (χ4v) is 5.09. The summed E-state index contributed by atoms with van der Waals surface area (Å²) < 4.78 is 9.13. The second kappa shape index (κ2) is 8.46. The molecule has 0 bridgehead atoms. The Morgan fingerprint density at radius 3 is 3.07 bits per heavy atom. The molecule has 0 saturated carbocycles. The molecule has 0 aliphatic carbocycles. The first-order valence-corrected chi connectivity index (χ1v) is 11.4. The van der Waals surface area contributed by atoms with Gasteiger partial charge < -0.3 is 20.4 Å². The van der Waals surface area contributed by atoms with Crippen LogP contribution in [-0.4, -0.2) is 33.7 Å². The summed E-state index contributed by atoms with van der Waals surface area (Å²) in [5, 5.41) is 4.44. The number of nitrogens with zero attached hydrogens (tertiary/aromatic N) is 3. The highest BCUT2D eigenvalue weighted by molar-refractivity contribution is 14.1. The van der Waals surface area contributed by atoms with E-state index in [4.69, 9.17) is 15.5 Å². The Labute approximate surface area is 182 Å². The topological polar surface area (TPSA) is 78.0 Å². The second-order valence-electron chi connectivity index (χ2n) is 7.16. The Kier molecular flexibility index (Phi) is 5.98. The van der Waals surface area contributed by atoms with Gasteiger partial charge in [0.15, 0.2) is 11.0 Å². The van der Waals surface area contributed by atoms with E-state index in [0.29, 0.717) is 11.9 Å². The number of aryl methyl sites for hydroxylation is 1. The third-order valence-corrected chi connectivity index (χ3v) is 7.03. The third kappa shape index (κ3) is 4.08. The number of rotatable bonds is 7. The van der Waals surface area contributed by atoms with Crippen LogP contribution in [0, 0.1) is 3.57 Å². The van der Waals surface area contributed by atoms with Gasteiger partial charge >= 0.3 is 0 Å². The first-order chi connectivity index (χ1) is 13.5. The van der Waals surface area contributed by atoms with Gasteiger partial charge in [-0.1, -0.05) is 25.6 Å². The summed E-state index contributed by atoms with van der Waals surface area (Å²) in [4.78, 5) is 10.3. The Morgan fingerprint density at radius 2 is 2.25 bits per heavy atom. The van der Waals surface area contributed by atoms with E-state index in [1.54, 1.807) is 18.0 Å². The molecule has 1 aromatic carbocycles. The molecule has 0 radical (unpaired) electrons. The molecule has 2 aromatic heterocycles.